The normalized spacial score (nSPS) is 16.6. The zero-order chi connectivity index (χ0) is 12.4. The van der Waals surface area contributed by atoms with Crippen LogP contribution in [0.4, 0.5) is 0 Å². The van der Waals surface area contributed by atoms with E-state index in [1.165, 1.54) is 16.7 Å². The molecule has 0 aliphatic heterocycles. The minimum Gasteiger partial charge on any atom is -0.349 e. The highest BCUT2D eigenvalue weighted by Crippen LogP contribution is 2.30. The van der Waals surface area contributed by atoms with Crippen molar-refractivity contribution in [1.29, 1.82) is 0 Å². The van der Waals surface area contributed by atoms with E-state index in [1.54, 1.807) is 0 Å². The first-order valence-electron chi connectivity index (χ1n) is 6.49. The number of carbonyl (C=O) groups excluding carboxylic acids is 1. The highest BCUT2D eigenvalue weighted by Gasteiger charge is 2.31. The zero-order valence-electron chi connectivity index (χ0n) is 10.9. The summed E-state index contributed by atoms with van der Waals surface area (Å²) in [6, 6.07) is 6.62. The minimum atomic E-state index is 0.170. The van der Waals surface area contributed by atoms with E-state index in [0.717, 1.165) is 19.3 Å². The van der Waals surface area contributed by atoms with Crippen molar-refractivity contribution in [2.45, 2.75) is 46.1 Å². The minimum absolute atomic E-state index is 0.170. The molecule has 0 saturated heterocycles. The third kappa shape index (κ3) is 2.87. The molecule has 1 atom stereocenters. The first-order chi connectivity index (χ1) is 8.11. The molecule has 2 rings (SSSR count). The molecule has 1 N–H and O–H groups in total. The molecule has 2 heteroatoms. The molecule has 1 amide bonds. The van der Waals surface area contributed by atoms with Gasteiger partial charge in [0, 0.05) is 5.92 Å². The van der Waals surface area contributed by atoms with Gasteiger partial charge in [0.05, 0.1) is 6.04 Å². The van der Waals surface area contributed by atoms with Crippen LogP contribution in [0.5, 0.6) is 0 Å². The first-order valence-corrected chi connectivity index (χ1v) is 6.49. The third-order valence-electron chi connectivity index (χ3n) is 3.47. The maximum absolute atomic E-state index is 11.8. The SMILES string of the molecule is CCC(NC(=O)C1CC1)c1ccc(C)cc1C. The van der Waals surface area contributed by atoms with Crippen molar-refractivity contribution < 1.29 is 4.79 Å². The lowest BCUT2D eigenvalue weighted by Gasteiger charge is -2.20. The fourth-order valence-electron chi connectivity index (χ4n) is 2.25. The van der Waals surface area contributed by atoms with Crippen LogP contribution >= 0.6 is 0 Å². The smallest absolute Gasteiger partial charge is 0.223 e. The fraction of sp³-hybridized carbons (Fsp3) is 0.533. The Morgan fingerprint density at radius 3 is 2.65 bits per heavy atom. The molecule has 2 nitrogen and oxygen atoms in total. The second kappa shape index (κ2) is 4.91. The standard InChI is InChI=1S/C15H21NO/c1-4-14(16-15(17)12-6-7-12)13-8-5-10(2)9-11(13)3/h5,8-9,12,14H,4,6-7H2,1-3H3,(H,16,17). The number of hydrogen-bond donors (Lipinski definition) is 1. The fourth-order valence-corrected chi connectivity index (χ4v) is 2.25. The van der Waals surface area contributed by atoms with Crippen molar-refractivity contribution in [1.82, 2.24) is 5.32 Å². The van der Waals surface area contributed by atoms with Crippen LogP contribution in [0.3, 0.4) is 0 Å². The summed E-state index contributed by atoms with van der Waals surface area (Å²) in [6.07, 6.45) is 3.08. The Hall–Kier alpha value is -1.31. The van der Waals surface area contributed by atoms with Crippen molar-refractivity contribution in [3.05, 3.63) is 34.9 Å². The Balaban J connectivity index is 2.13. The summed E-state index contributed by atoms with van der Waals surface area (Å²) in [5, 5.41) is 3.17. The second-order valence-electron chi connectivity index (χ2n) is 5.10. The number of rotatable bonds is 4. The monoisotopic (exact) mass is 231 g/mol. The quantitative estimate of drug-likeness (QED) is 0.846. The van der Waals surface area contributed by atoms with Crippen molar-refractivity contribution in [2.75, 3.05) is 0 Å². The Morgan fingerprint density at radius 1 is 1.41 bits per heavy atom. The molecule has 1 aliphatic rings. The van der Waals surface area contributed by atoms with Crippen molar-refractivity contribution in [3.63, 3.8) is 0 Å². The van der Waals surface area contributed by atoms with Crippen LogP contribution in [0.15, 0.2) is 18.2 Å². The van der Waals surface area contributed by atoms with Crippen molar-refractivity contribution in [3.8, 4) is 0 Å². The molecule has 17 heavy (non-hydrogen) atoms. The molecular formula is C15H21NO. The first kappa shape index (κ1) is 12.2. The zero-order valence-corrected chi connectivity index (χ0v) is 10.9. The number of aryl methyl sites for hydroxylation is 2. The summed E-state index contributed by atoms with van der Waals surface area (Å²) in [7, 11) is 0. The van der Waals surface area contributed by atoms with E-state index in [1.807, 2.05) is 0 Å². The van der Waals surface area contributed by atoms with E-state index < -0.39 is 0 Å². The number of hydrogen-bond acceptors (Lipinski definition) is 1. The molecule has 1 aliphatic carbocycles. The molecule has 1 fully saturated rings. The van der Waals surface area contributed by atoms with Gasteiger partial charge in [-0.15, -0.1) is 0 Å². The number of carbonyl (C=O) groups is 1. The Kier molecular flexibility index (Phi) is 3.51. The van der Waals surface area contributed by atoms with E-state index in [0.29, 0.717) is 0 Å². The number of nitrogens with one attached hydrogen (secondary N) is 1. The van der Waals surface area contributed by atoms with Gasteiger partial charge in [-0.3, -0.25) is 4.79 Å². The lowest BCUT2D eigenvalue weighted by Crippen LogP contribution is -2.29. The summed E-state index contributed by atoms with van der Waals surface area (Å²) in [6.45, 7) is 6.34. The summed E-state index contributed by atoms with van der Waals surface area (Å²) >= 11 is 0. The van der Waals surface area contributed by atoms with Gasteiger partial charge in [-0.25, -0.2) is 0 Å². The molecule has 0 bridgehead atoms. The van der Waals surface area contributed by atoms with Gasteiger partial charge in [-0.2, -0.15) is 0 Å². The van der Waals surface area contributed by atoms with Crippen molar-refractivity contribution >= 4 is 5.91 Å². The highest BCUT2D eigenvalue weighted by molar-refractivity contribution is 5.81. The molecular weight excluding hydrogens is 210 g/mol. The highest BCUT2D eigenvalue weighted by atomic mass is 16.2. The second-order valence-corrected chi connectivity index (χ2v) is 5.10. The van der Waals surface area contributed by atoms with E-state index in [9.17, 15) is 4.79 Å². The van der Waals surface area contributed by atoms with Gasteiger partial charge in [0.1, 0.15) is 0 Å². The summed E-state index contributed by atoms with van der Waals surface area (Å²) < 4.78 is 0. The molecule has 0 radical (unpaired) electrons. The number of benzene rings is 1. The summed E-state index contributed by atoms with van der Waals surface area (Å²) in [5.41, 5.74) is 3.80. The van der Waals surface area contributed by atoms with E-state index in [-0.39, 0.29) is 17.9 Å². The molecule has 0 heterocycles. The molecule has 1 saturated carbocycles. The van der Waals surface area contributed by atoms with Crippen LogP contribution in [0.25, 0.3) is 0 Å². The third-order valence-corrected chi connectivity index (χ3v) is 3.47. The van der Waals surface area contributed by atoms with Crippen LogP contribution in [0.1, 0.15) is 48.9 Å². The summed E-state index contributed by atoms with van der Waals surface area (Å²) in [4.78, 5) is 11.8. The lowest BCUT2D eigenvalue weighted by molar-refractivity contribution is -0.123. The van der Waals surface area contributed by atoms with Crippen LogP contribution in [-0.2, 0) is 4.79 Å². The van der Waals surface area contributed by atoms with E-state index >= 15 is 0 Å². The summed E-state index contributed by atoms with van der Waals surface area (Å²) in [5.74, 6) is 0.520. The molecule has 1 aromatic rings. The van der Waals surface area contributed by atoms with Gasteiger partial charge in [-0.05, 0) is 44.2 Å². The van der Waals surface area contributed by atoms with Gasteiger partial charge in [0.2, 0.25) is 5.91 Å². The largest absolute Gasteiger partial charge is 0.349 e. The molecule has 92 valence electrons. The van der Waals surface area contributed by atoms with Gasteiger partial charge >= 0.3 is 0 Å². The maximum atomic E-state index is 11.8. The topological polar surface area (TPSA) is 29.1 Å². The maximum Gasteiger partial charge on any atom is 0.223 e. The number of amides is 1. The average Bonchev–Trinajstić information content (AvgIpc) is 3.10. The average molecular weight is 231 g/mol. The van der Waals surface area contributed by atoms with E-state index in [4.69, 9.17) is 0 Å². The Bertz CT molecular complexity index is 421. The van der Waals surface area contributed by atoms with Crippen LogP contribution in [0, 0.1) is 19.8 Å². The predicted octanol–water partition coefficient (Wildman–Crippen LogP) is 3.28. The Morgan fingerprint density at radius 2 is 2.12 bits per heavy atom. The predicted molar refractivity (Wildman–Crippen MR) is 69.8 cm³/mol. The van der Waals surface area contributed by atoms with Gasteiger partial charge in [0.15, 0.2) is 0 Å². The van der Waals surface area contributed by atoms with Crippen LogP contribution < -0.4 is 5.32 Å². The molecule has 0 spiro atoms. The van der Waals surface area contributed by atoms with Gasteiger partial charge in [0.25, 0.3) is 0 Å². The molecule has 1 unspecified atom stereocenters. The van der Waals surface area contributed by atoms with Gasteiger partial charge < -0.3 is 5.32 Å². The van der Waals surface area contributed by atoms with Crippen molar-refractivity contribution in [2.24, 2.45) is 5.92 Å². The lowest BCUT2D eigenvalue weighted by atomic mass is 9.97. The van der Waals surface area contributed by atoms with Gasteiger partial charge in [-0.1, -0.05) is 30.7 Å². The van der Waals surface area contributed by atoms with Crippen LogP contribution in [-0.4, -0.2) is 5.91 Å². The van der Waals surface area contributed by atoms with Crippen LogP contribution in [0.2, 0.25) is 0 Å². The molecule has 1 aromatic carbocycles. The molecule has 0 aromatic heterocycles. The van der Waals surface area contributed by atoms with E-state index in [2.05, 4.69) is 44.3 Å². The Labute approximate surface area is 103 Å².